The fourth-order valence-electron chi connectivity index (χ4n) is 4.46. The summed E-state index contributed by atoms with van der Waals surface area (Å²) in [6.07, 6.45) is 0.938. The smallest absolute Gasteiger partial charge is 0.314 e. The number of hydrogen-bond donors (Lipinski definition) is 1. The molecule has 1 aliphatic carbocycles. The minimum Gasteiger partial charge on any atom is -0.483 e. The average Bonchev–Trinajstić information content (AvgIpc) is 3.64. The number of para-hydroxylation sites is 1. The van der Waals surface area contributed by atoms with Crippen molar-refractivity contribution in [1.29, 1.82) is 0 Å². The molecule has 1 heterocycles. The number of Topliss-reactive ketones (excluding diaryl/α,β-unsaturated/α-hetero) is 1. The van der Waals surface area contributed by atoms with Gasteiger partial charge in [0.05, 0.1) is 11.1 Å². The molecule has 3 aromatic carbocycles. The van der Waals surface area contributed by atoms with Gasteiger partial charge in [-0.2, -0.15) is 0 Å². The van der Waals surface area contributed by atoms with Gasteiger partial charge in [-0.3, -0.25) is 9.59 Å². The zero-order valence-corrected chi connectivity index (χ0v) is 20.2. The van der Waals surface area contributed by atoms with Crippen molar-refractivity contribution in [2.24, 2.45) is 0 Å². The van der Waals surface area contributed by atoms with Crippen LogP contribution in [0.25, 0.3) is 22.5 Å². The maximum Gasteiger partial charge on any atom is 0.314 e. The van der Waals surface area contributed by atoms with Crippen molar-refractivity contribution in [3.8, 4) is 28.2 Å². The van der Waals surface area contributed by atoms with E-state index >= 15 is 0 Å². The van der Waals surface area contributed by atoms with Crippen molar-refractivity contribution in [1.82, 2.24) is 5.16 Å². The second-order valence-electron chi connectivity index (χ2n) is 9.33. The zero-order chi connectivity index (χ0) is 25.3. The quantitative estimate of drug-likeness (QED) is 0.315. The van der Waals surface area contributed by atoms with Crippen molar-refractivity contribution in [3.05, 3.63) is 95.7 Å². The first kappa shape index (κ1) is 23.5. The number of ketones is 1. The van der Waals surface area contributed by atoms with Crippen molar-refractivity contribution in [3.63, 3.8) is 0 Å². The highest BCUT2D eigenvalue weighted by Gasteiger charge is 2.51. The first-order valence-corrected chi connectivity index (χ1v) is 12.0. The molecule has 1 N–H and O–H groups in total. The Bertz CT molecular complexity index is 1380. The lowest BCUT2D eigenvalue weighted by atomic mass is 9.93. The largest absolute Gasteiger partial charge is 0.483 e. The van der Waals surface area contributed by atoms with Crippen molar-refractivity contribution in [2.75, 3.05) is 0 Å². The van der Waals surface area contributed by atoms with Crippen LogP contribution in [0.15, 0.2) is 83.4 Å². The van der Waals surface area contributed by atoms with E-state index in [-0.39, 0.29) is 12.2 Å². The summed E-state index contributed by atoms with van der Waals surface area (Å²) in [6, 6.07) is 24.9. The van der Waals surface area contributed by atoms with Crippen molar-refractivity contribution in [2.45, 2.75) is 44.6 Å². The van der Waals surface area contributed by atoms with E-state index in [9.17, 15) is 14.7 Å². The van der Waals surface area contributed by atoms with Gasteiger partial charge in [0, 0.05) is 17.5 Å². The summed E-state index contributed by atoms with van der Waals surface area (Å²) in [5, 5.41) is 13.6. The number of rotatable bonds is 9. The Morgan fingerprint density at radius 1 is 0.944 bits per heavy atom. The van der Waals surface area contributed by atoms with E-state index in [4.69, 9.17) is 9.26 Å². The molecular weight excluding hydrogens is 454 g/mol. The van der Waals surface area contributed by atoms with Crippen LogP contribution < -0.4 is 4.74 Å². The summed E-state index contributed by atoms with van der Waals surface area (Å²) in [5.74, 6) is 0.418. The summed E-state index contributed by atoms with van der Waals surface area (Å²) < 4.78 is 11.4. The van der Waals surface area contributed by atoms with Crippen LogP contribution in [-0.2, 0) is 21.4 Å². The number of carbonyl (C=O) groups excluding carboxylic acids is 1. The molecule has 0 spiro atoms. The monoisotopic (exact) mass is 481 g/mol. The first-order chi connectivity index (χ1) is 17.4. The normalized spacial score (nSPS) is 14.7. The summed E-state index contributed by atoms with van der Waals surface area (Å²) in [7, 11) is 0. The lowest BCUT2D eigenvalue weighted by Gasteiger charge is -2.13. The molecule has 0 saturated heterocycles. The standard InChI is InChI=1S/C30H27NO5/c1-19-26(18-27(32)20(2)35-25-6-4-3-5-7-25)28(36-31-19)23-10-8-21(9-11-23)22-12-14-24(15-13-22)30(16-17-30)29(33)34/h3-15,20H,16-18H2,1-2H3,(H,33,34). The topological polar surface area (TPSA) is 89.6 Å². The number of nitrogens with zero attached hydrogens (tertiary/aromatic N) is 1. The van der Waals surface area contributed by atoms with E-state index in [0.717, 1.165) is 27.8 Å². The maximum atomic E-state index is 12.9. The molecule has 36 heavy (non-hydrogen) atoms. The Morgan fingerprint density at radius 2 is 1.53 bits per heavy atom. The molecule has 1 atom stereocenters. The predicted molar refractivity (Wildman–Crippen MR) is 136 cm³/mol. The fourth-order valence-corrected chi connectivity index (χ4v) is 4.46. The van der Waals surface area contributed by atoms with Crippen LogP contribution in [-0.4, -0.2) is 28.1 Å². The van der Waals surface area contributed by atoms with E-state index in [1.807, 2.05) is 85.8 Å². The maximum absolute atomic E-state index is 12.9. The number of carboxylic acid groups (broad SMARTS) is 1. The number of hydrogen-bond acceptors (Lipinski definition) is 5. The molecule has 1 aliphatic rings. The third-order valence-corrected chi connectivity index (χ3v) is 6.92. The van der Waals surface area contributed by atoms with E-state index < -0.39 is 17.5 Å². The Kier molecular flexibility index (Phi) is 6.18. The van der Waals surface area contributed by atoms with Gasteiger partial charge in [0.15, 0.2) is 17.6 Å². The predicted octanol–water partition coefficient (Wildman–Crippen LogP) is 6.01. The minimum atomic E-state index is -0.753. The number of carbonyl (C=O) groups is 2. The van der Waals surface area contributed by atoms with E-state index in [0.29, 0.717) is 30.0 Å². The molecule has 1 fully saturated rings. The van der Waals surface area contributed by atoms with Gasteiger partial charge in [-0.05, 0) is 55.5 Å². The molecule has 0 bridgehead atoms. The van der Waals surface area contributed by atoms with Crippen LogP contribution >= 0.6 is 0 Å². The molecule has 4 aromatic rings. The average molecular weight is 482 g/mol. The third kappa shape index (κ3) is 4.54. The second kappa shape index (κ2) is 9.46. The highest BCUT2D eigenvalue weighted by atomic mass is 16.5. The highest BCUT2D eigenvalue weighted by Crippen LogP contribution is 2.48. The van der Waals surface area contributed by atoms with Crippen LogP contribution in [0.3, 0.4) is 0 Å². The lowest BCUT2D eigenvalue weighted by Crippen LogP contribution is -2.25. The number of aryl methyl sites for hydroxylation is 1. The number of aromatic nitrogens is 1. The van der Waals surface area contributed by atoms with Gasteiger partial charge >= 0.3 is 5.97 Å². The van der Waals surface area contributed by atoms with E-state index in [1.165, 1.54) is 0 Å². The van der Waals surface area contributed by atoms with Gasteiger partial charge < -0.3 is 14.4 Å². The van der Waals surface area contributed by atoms with Gasteiger partial charge in [-0.15, -0.1) is 0 Å². The van der Waals surface area contributed by atoms with Gasteiger partial charge in [0.25, 0.3) is 0 Å². The van der Waals surface area contributed by atoms with Crippen LogP contribution in [0, 0.1) is 6.92 Å². The van der Waals surface area contributed by atoms with Crippen LogP contribution in [0.1, 0.15) is 36.6 Å². The molecule has 1 saturated carbocycles. The molecule has 6 heteroatoms. The molecule has 1 unspecified atom stereocenters. The summed E-state index contributed by atoms with van der Waals surface area (Å²) in [5.41, 5.74) is 4.42. The number of ether oxygens (including phenoxy) is 1. The van der Waals surface area contributed by atoms with Crippen LogP contribution in [0.2, 0.25) is 0 Å². The lowest BCUT2D eigenvalue weighted by molar-refractivity contribution is -0.140. The summed E-state index contributed by atoms with van der Waals surface area (Å²) in [4.78, 5) is 24.5. The molecule has 0 amide bonds. The number of benzene rings is 3. The van der Waals surface area contributed by atoms with Gasteiger partial charge in [-0.25, -0.2) is 0 Å². The highest BCUT2D eigenvalue weighted by molar-refractivity contribution is 5.87. The third-order valence-electron chi connectivity index (χ3n) is 6.92. The van der Waals surface area contributed by atoms with Gasteiger partial charge in [-0.1, -0.05) is 71.9 Å². The summed E-state index contributed by atoms with van der Waals surface area (Å²) >= 11 is 0. The van der Waals surface area contributed by atoms with Crippen LogP contribution in [0.5, 0.6) is 5.75 Å². The SMILES string of the molecule is Cc1noc(-c2ccc(-c3ccc(C4(C(=O)O)CC4)cc3)cc2)c1CC(=O)C(C)Oc1ccccc1. The molecule has 6 nitrogen and oxygen atoms in total. The zero-order valence-electron chi connectivity index (χ0n) is 20.2. The number of aliphatic carboxylic acids is 1. The number of carboxylic acids is 1. The van der Waals surface area contributed by atoms with Gasteiger partial charge in [0.1, 0.15) is 5.75 Å². The van der Waals surface area contributed by atoms with Gasteiger partial charge in [0.2, 0.25) is 0 Å². The molecule has 5 rings (SSSR count). The fraction of sp³-hybridized carbons (Fsp3) is 0.233. The van der Waals surface area contributed by atoms with Crippen molar-refractivity contribution >= 4 is 11.8 Å². The first-order valence-electron chi connectivity index (χ1n) is 12.0. The van der Waals surface area contributed by atoms with E-state index in [2.05, 4.69) is 5.16 Å². The molecule has 1 aromatic heterocycles. The Balaban J connectivity index is 1.31. The Labute approximate surface area is 209 Å². The van der Waals surface area contributed by atoms with E-state index in [1.54, 1.807) is 6.92 Å². The Hall–Kier alpha value is -4.19. The minimum absolute atomic E-state index is 0.0575. The molecule has 0 aliphatic heterocycles. The molecule has 0 radical (unpaired) electrons. The van der Waals surface area contributed by atoms with Crippen LogP contribution in [0.4, 0.5) is 0 Å². The second-order valence-corrected chi connectivity index (χ2v) is 9.33. The molecule has 182 valence electrons. The Morgan fingerprint density at radius 3 is 2.11 bits per heavy atom. The molecular formula is C30H27NO5. The summed E-state index contributed by atoms with van der Waals surface area (Å²) in [6.45, 7) is 3.58. The van der Waals surface area contributed by atoms with Crippen molar-refractivity contribution < 1.29 is 24.0 Å².